The molecule has 214 valence electrons. The number of anilines is 1. The lowest BCUT2D eigenvalue weighted by atomic mass is 9.89. The number of rotatable bonds is 6. The van der Waals surface area contributed by atoms with E-state index in [0.29, 0.717) is 83.0 Å². The summed E-state index contributed by atoms with van der Waals surface area (Å²) in [5.41, 5.74) is 0.968. The highest BCUT2D eigenvalue weighted by atomic mass is 16.7. The molecule has 4 aliphatic rings. The molecule has 0 radical (unpaired) electrons. The van der Waals surface area contributed by atoms with Gasteiger partial charge in [-0.15, -0.1) is 0 Å². The maximum Gasteiger partial charge on any atom is 0.297 e. The summed E-state index contributed by atoms with van der Waals surface area (Å²) < 4.78 is 1.83. The van der Waals surface area contributed by atoms with Crippen LogP contribution in [0.15, 0.2) is 17.5 Å². The molecule has 1 aliphatic carbocycles. The minimum Gasteiger partial charge on any atom is -0.381 e. The van der Waals surface area contributed by atoms with Crippen LogP contribution >= 0.6 is 0 Å². The van der Waals surface area contributed by atoms with E-state index >= 15 is 0 Å². The van der Waals surface area contributed by atoms with Crippen LogP contribution in [0, 0.1) is 0 Å². The first-order valence-electron chi connectivity index (χ1n) is 14.4. The second-order valence-electron chi connectivity index (χ2n) is 10.9. The third-order valence-corrected chi connectivity index (χ3v) is 8.40. The number of carbonyl (C=O) groups is 3. The van der Waals surface area contributed by atoms with Gasteiger partial charge in [-0.1, -0.05) is 5.16 Å². The molecule has 0 unspecified atom stereocenters. The van der Waals surface area contributed by atoms with Crippen LogP contribution in [-0.2, 0) is 25.8 Å². The van der Waals surface area contributed by atoms with Crippen LogP contribution in [0.3, 0.4) is 0 Å². The number of nitrogens with one attached hydrogen (secondary N) is 3. The highest BCUT2D eigenvalue weighted by Crippen LogP contribution is 2.36. The third-order valence-electron chi connectivity index (χ3n) is 8.40. The first kappa shape index (κ1) is 26.6. The van der Waals surface area contributed by atoms with Gasteiger partial charge in [-0.2, -0.15) is 5.10 Å². The van der Waals surface area contributed by atoms with Gasteiger partial charge in [-0.05, 0) is 19.8 Å². The van der Waals surface area contributed by atoms with Crippen molar-refractivity contribution in [1.29, 1.82) is 0 Å². The molecule has 2 saturated heterocycles. The van der Waals surface area contributed by atoms with Gasteiger partial charge in [-0.3, -0.25) is 14.4 Å². The van der Waals surface area contributed by atoms with Crippen LogP contribution in [0.5, 0.6) is 0 Å². The lowest BCUT2D eigenvalue weighted by Crippen LogP contribution is -2.63. The summed E-state index contributed by atoms with van der Waals surface area (Å²) in [6.07, 6.45) is 6.09. The highest BCUT2D eigenvalue weighted by molar-refractivity contribution is 6.18. The van der Waals surface area contributed by atoms with E-state index in [0.717, 1.165) is 29.6 Å². The fourth-order valence-corrected chi connectivity index (χ4v) is 6.07. The maximum atomic E-state index is 14.0. The third kappa shape index (κ3) is 4.81. The smallest absolute Gasteiger partial charge is 0.297 e. The maximum absolute atomic E-state index is 14.0. The Morgan fingerprint density at radius 3 is 2.25 bits per heavy atom. The van der Waals surface area contributed by atoms with Crippen LogP contribution in [0.4, 0.5) is 5.69 Å². The fraction of sp³-hybridized carbons (Fsp3) is 0.630. The lowest BCUT2D eigenvalue weighted by Gasteiger charge is -2.37. The van der Waals surface area contributed by atoms with Crippen molar-refractivity contribution in [1.82, 2.24) is 35.2 Å². The molecule has 5 heterocycles. The average Bonchev–Trinajstić information content (AvgIpc) is 3.64. The Balaban J connectivity index is 1.36. The Morgan fingerprint density at radius 1 is 1.02 bits per heavy atom. The normalized spacial score (nSPS) is 21.8. The van der Waals surface area contributed by atoms with Crippen molar-refractivity contribution in [2.24, 2.45) is 5.16 Å². The molecule has 40 heavy (non-hydrogen) atoms. The first-order valence-corrected chi connectivity index (χ1v) is 14.4. The molecule has 6 rings (SSSR count). The first-order chi connectivity index (χ1) is 19.5. The molecule has 2 aromatic heterocycles. The van der Waals surface area contributed by atoms with Crippen LogP contribution in [0.25, 0.3) is 11.0 Å². The van der Waals surface area contributed by atoms with Crippen molar-refractivity contribution < 1.29 is 19.2 Å². The van der Waals surface area contributed by atoms with Gasteiger partial charge in [0, 0.05) is 89.5 Å². The number of carbonyl (C=O) groups excluding carboxylic acids is 3. The minimum atomic E-state index is -1.75. The topological polar surface area (TPSA) is 146 Å². The zero-order valence-electron chi connectivity index (χ0n) is 22.9. The SMILES string of the molecule is CCn1ncc2c(NC3CCC(=O)CC3)c(C3=NOC(C(=O)N4CCNCC4)(C(=O)N4CCNCC4)C3)cnc21. The largest absolute Gasteiger partial charge is 0.381 e. The Hall–Kier alpha value is -3.58. The number of hydrogen-bond acceptors (Lipinski definition) is 10. The zero-order chi connectivity index (χ0) is 27.7. The van der Waals surface area contributed by atoms with Gasteiger partial charge in [0.2, 0.25) is 0 Å². The molecule has 2 aromatic rings. The number of nitrogens with zero attached hydrogens (tertiary/aromatic N) is 6. The van der Waals surface area contributed by atoms with E-state index in [1.54, 1.807) is 22.2 Å². The molecule has 1 saturated carbocycles. The van der Waals surface area contributed by atoms with Crippen LogP contribution in [0.2, 0.25) is 0 Å². The molecule has 0 aromatic carbocycles. The fourth-order valence-electron chi connectivity index (χ4n) is 6.07. The van der Waals surface area contributed by atoms with Gasteiger partial charge in [-0.25, -0.2) is 9.67 Å². The molecule has 2 amide bonds. The Labute approximate surface area is 232 Å². The molecule has 0 bridgehead atoms. The average molecular weight is 552 g/mol. The minimum absolute atomic E-state index is 0.0193. The number of oxime groups is 1. The number of aryl methyl sites for hydroxylation is 1. The molecule has 13 heteroatoms. The summed E-state index contributed by atoms with van der Waals surface area (Å²) in [5.74, 6) is -0.401. The molecule has 3 aliphatic heterocycles. The van der Waals surface area contributed by atoms with Crippen molar-refractivity contribution in [3.05, 3.63) is 18.0 Å². The predicted octanol–water partition coefficient (Wildman–Crippen LogP) is 0.102. The highest BCUT2D eigenvalue weighted by Gasteiger charge is 2.57. The summed E-state index contributed by atoms with van der Waals surface area (Å²) in [5, 5.41) is 19.9. The van der Waals surface area contributed by atoms with E-state index in [4.69, 9.17) is 9.82 Å². The number of pyridine rings is 1. The van der Waals surface area contributed by atoms with Crippen molar-refractivity contribution in [3.63, 3.8) is 0 Å². The predicted molar refractivity (Wildman–Crippen MR) is 148 cm³/mol. The second-order valence-corrected chi connectivity index (χ2v) is 10.9. The lowest BCUT2D eigenvalue weighted by molar-refractivity contribution is -0.172. The number of piperazine rings is 2. The Bertz CT molecular complexity index is 1290. The molecule has 0 atom stereocenters. The van der Waals surface area contributed by atoms with Gasteiger partial charge in [0.05, 0.1) is 29.4 Å². The van der Waals surface area contributed by atoms with Crippen LogP contribution in [0.1, 0.15) is 44.6 Å². The number of Topliss-reactive ketones (excluding diaryl/α,β-unsaturated/α-hetero) is 1. The molecule has 0 spiro atoms. The molecular weight excluding hydrogens is 514 g/mol. The van der Waals surface area contributed by atoms with Crippen LogP contribution in [-0.4, -0.2) is 112 Å². The summed E-state index contributed by atoms with van der Waals surface area (Å²) in [6.45, 7) is 7.35. The van der Waals surface area contributed by atoms with Crippen molar-refractivity contribution in [2.75, 3.05) is 57.7 Å². The van der Waals surface area contributed by atoms with Crippen molar-refractivity contribution in [3.8, 4) is 0 Å². The summed E-state index contributed by atoms with van der Waals surface area (Å²) in [6, 6.07) is 0.102. The zero-order valence-corrected chi connectivity index (χ0v) is 22.9. The van der Waals surface area contributed by atoms with E-state index in [-0.39, 0.29) is 30.1 Å². The second kappa shape index (κ2) is 11.1. The van der Waals surface area contributed by atoms with E-state index in [2.05, 4.69) is 26.2 Å². The van der Waals surface area contributed by atoms with Crippen LogP contribution < -0.4 is 16.0 Å². The summed E-state index contributed by atoms with van der Waals surface area (Å²) in [7, 11) is 0. The van der Waals surface area contributed by atoms with Gasteiger partial charge >= 0.3 is 0 Å². The molecular formula is C27H37N9O4. The Kier molecular flexibility index (Phi) is 7.41. The standard InChI is InChI=1S/C27H37N9O4/c1-2-36-24-21(17-31-36)23(32-18-3-5-19(37)6-4-18)20(16-30-24)22-15-27(40-33-22,25(38)34-11-7-28-8-12-34)26(39)35-13-9-29-10-14-35/h16-18,28-29H,2-15H2,1H3,(H,30,32). The monoisotopic (exact) mass is 551 g/mol. The Morgan fingerprint density at radius 2 is 1.65 bits per heavy atom. The summed E-state index contributed by atoms with van der Waals surface area (Å²) in [4.78, 5) is 54.0. The molecule has 3 N–H and O–H groups in total. The van der Waals surface area contributed by atoms with Crippen molar-refractivity contribution >= 4 is 40.0 Å². The van der Waals surface area contributed by atoms with E-state index in [9.17, 15) is 14.4 Å². The molecule has 13 nitrogen and oxygen atoms in total. The summed E-state index contributed by atoms with van der Waals surface area (Å²) >= 11 is 0. The number of fused-ring (bicyclic) bond motifs is 1. The van der Waals surface area contributed by atoms with E-state index in [1.807, 2.05) is 11.6 Å². The number of amides is 2. The van der Waals surface area contributed by atoms with E-state index in [1.165, 1.54) is 0 Å². The van der Waals surface area contributed by atoms with Gasteiger partial charge in [0.25, 0.3) is 17.4 Å². The number of hydrogen-bond donors (Lipinski definition) is 3. The van der Waals surface area contributed by atoms with Gasteiger partial charge < -0.3 is 30.6 Å². The molecule has 3 fully saturated rings. The van der Waals surface area contributed by atoms with Gasteiger partial charge in [0.15, 0.2) is 5.65 Å². The number of ketones is 1. The quantitative estimate of drug-likeness (QED) is 0.426. The van der Waals surface area contributed by atoms with E-state index < -0.39 is 5.60 Å². The van der Waals surface area contributed by atoms with Crippen molar-refractivity contribution in [2.45, 2.75) is 57.2 Å². The van der Waals surface area contributed by atoms with Gasteiger partial charge in [0.1, 0.15) is 5.78 Å². The number of aromatic nitrogens is 3.